The Bertz CT molecular complexity index is 1110. The largest absolute Gasteiger partial charge is 0.505 e. The zero-order valence-corrected chi connectivity index (χ0v) is 17.0. The summed E-state index contributed by atoms with van der Waals surface area (Å²) in [5.74, 6) is -0.820. The number of carbonyl (C=O) groups excluding carboxylic acids is 1. The standard InChI is InChI=1S/C19H19N5O4.C2H6/c1-20-17(26)12-8-5-9-13(16(12)25)22-15-14(18(27)23-24-19(15)28)21-10-11-6-3-2-4-7-11;1-2/h2-9,25H,10H2,1H3,(H,20,26)(H2,21,24,28)(H2,22,23,27);1-2H3. The molecule has 1 aromatic heterocycles. The third-order valence-corrected chi connectivity index (χ3v) is 4.07. The van der Waals surface area contributed by atoms with Crippen LogP contribution in [0.5, 0.6) is 5.75 Å². The van der Waals surface area contributed by atoms with Crippen LogP contribution in [0.1, 0.15) is 29.8 Å². The number of hydrogen-bond acceptors (Lipinski definition) is 6. The molecule has 0 saturated carbocycles. The zero-order valence-electron chi connectivity index (χ0n) is 17.0. The summed E-state index contributed by atoms with van der Waals surface area (Å²) < 4.78 is 0. The number of phenolic OH excluding ortho intramolecular Hbond substituents is 1. The van der Waals surface area contributed by atoms with Gasteiger partial charge in [0.1, 0.15) is 11.4 Å². The fourth-order valence-electron chi connectivity index (χ4n) is 2.64. The molecule has 0 bridgehead atoms. The predicted molar refractivity (Wildman–Crippen MR) is 118 cm³/mol. The number of phenols is 1. The maximum atomic E-state index is 12.3. The molecule has 0 aliphatic heterocycles. The topological polar surface area (TPSA) is 139 Å². The van der Waals surface area contributed by atoms with Gasteiger partial charge in [0.25, 0.3) is 17.0 Å². The summed E-state index contributed by atoms with van der Waals surface area (Å²) in [4.78, 5) is 36.4. The summed E-state index contributed by atoms with van der Waals surface area (Å²) in [6, 6.07) is 13.8. The van der Waals surface area contributed by atoms with E-state index in [2.05, 4.69) is 26.1 Å². The molecule has 2 aromatic carbocycles. The molecule has 0 saturated heterocycles. The number of anilines is 3. The molecule has 0 radical (unpaired) electrons. The fourth-order valence-corrected chi connectivity index (χ4v) is 2.64. The molecule has 1 heterocycles. The number of aromatic amines is 2. The second kappa shape index (κ2) is 10.5. The van der Waals surface area contributed by atoms with E-state index in [1.54, 1.807) is 6.07 Å². The van der Waals surface area contributed by atoms with Crippen LogP contribution in [0.15, 0.2) is 58.1 Å². The number of benzene rings is 2. The Hall–Kier alpha value is -4.01. The highest BCUT2D eigenvalue weighted by Gasteiger charge is 2.17. The Morgan fingerprint density at radius 1 is 0.933 bits per heavy atom. The van der Waals surface area contributed by atoms with E-state index in [1.165, 1.54) is 19.2 Å². The van der Waals surface area contributed by atoms with Gasteiger partial charge in [0, 0.05) is 13.6 Å². The van der Waals surface area contributed by atoms with Crippen molar-refractivity contribution in [1.29, 1.82) is 0 Å². The van der Waals surface area contributed by atoms with Crippen LogP contribution < -0.4 is 27.1 Å². The van der Waals surface area contributed by atoms with Crippen molar-refractivity contribution in [2.24, 2.45) is 0 Å². The van der Waals surface area contributed by atoms with Gasteiger partial charge in [-0.3, -0.25) is 24.6 Å². The highest BCUT2D eigenvalue weighted by molar-refractivity contribution is 5.98. The lowest BCUT2D eigenvalue weighted by atomic mass is 10.1. The number of H-pyrrole nitrogens is 2. The summed E-state index contributed by atoms with van der Waals surface area (Å²) >= 11 is 0. The van der Waals surface area contributed by atoms with Gasteiger partial charge in [-0.05, 0) is 17.7 Å². The molecule has 0 aliphatic rings. The van der Waals surface area contributed by atoms with E-state index in [4.69, 9.17) is 0 Å². The molecular weight excluding hydrogens is 386 g/mol. The summed E-state index contributed by atoms with van der Waals surface area (Å²) in [7, 11) is 1.44. The molecule has 30 heavy (non-hydrogen) atoms. The van der Waals surface area contributed by atoms with Gasteiger partial charge in [0.15, 0.2) is 5.75 Å². The number of hydrogen-bond donors (Lipinski definition) is 6. The number of nitrogens with one attached hydrogen (secondary N) is 5. The summed E-state index contributed by atoms with van der Waals surface area (Å²) in [5, 5.41) is 23.0. The molecular formula is C21H25N5O4. The quantitative estimate of drug-likeness (QED) is 0.345. The SMILES string of the molecule is CC.CNC(=O)c1cccc(Nc2c(NCc3ccccc3)c(=O)[nH][nH]c2=O)c1O. The monoisotopic (exact) mass is 411 g/mol. The lowest BCUT2D eigenvalue weighted by molar-refractivity contribution is 0.0960. The number of para-hydroxylation sites is 1. The third-order valence-electron chi connectivity index (χ3n) is 4.07. The Kier molecular flexibility index (Phi) is 7.81. The lowest BCUT2D eigenvalue weighted by Gasteiger charge is -2.14. The second-order valence-corrected chi connectivity index (χ2v) is 5.90. The first-order chi connectivity index (χ1) is 14.5. The predicted octanol–water partition coefficient (Wildman–Crippen LogP) is 2.51. The number of amides is 1. The van der Waals surface area contributed by atoms with Crippen molar-refractivity contribution in [1.82, 2.24) is 15.5 Å². The van der Waals surface area contributed by atoms with Gasteiger partial charge in [-0.15, -0.1) is 0 Å². The van der Waals surface area contributed by atoms with Gasteiger partial charge < -0.3 is 21.1 Å². The number of rotatable bonds is 6. The van der Waals surface area contributed by atoms with Crippen LogP contribution in [0.2, 0.25) is 0 Å². The van der Waals surface area contributed by atoms with Gasteiger partial charge in [-0.1, -0.05) is 50.2 Å². The smallest absolute Gasteiger partial charge is 0.288 e. The summed E-state index contributed by atoms with van der Waals surface area (Å²) in [5.41, 5.74) is -0.147. The van der Waals surface area contributed by atoms with E-state index in [1.807, 2.05) is 44.2 Å². The molecule has 9 heteroatoms. The number of aromatic nitrogens is 2. The van der Waals surface area contributed by atoms with Crippen molar-refractivity contribution in [3.05, 3.63) is 80.4 Å². The minimum atomic E-state index is -0.597. The van der Waals surface area contributed by atoms with Crippen LogP contribution in [-0.4, -0.2) is 28.3 Å². The molecule has 9 nitrogen and oxygen atoms in total. The third kappa shape index (κ3) is 5.07. The molecule has 158 valence electrons. The average Bonchev–Trinajstić information content (AvgIpc) is 2.78. The Balaban J connectivity index is 0.00000155. The minimum Gasteiger partial charge on any atom is -0.505 e. The molecule has 1 amide bonds. The highest BCUT2D eigenvalue weighted by Crippen LogP contribution is 2.30. The second-order valence-electron chi connectivity index (χ2n) is 5.90. The molecule has 0 fully saturated rings. The van der Waals surface area contributed by atoms with Crippen LogP contribution in [0.4, 0.5) is 17.1 Å². The van der Waals surface area contributed by atoms with E-state index in [-0.39, 0.29) is 28.4 Å². The van der Waals surface area contributed by atoms with E-state index in [0.717, 1.165) is 5.56 Å². The highest BCUT2D eigenvalue weighted by atomic mass is 16.3. The van der Waals surface area contributed by atoms with Crippen LogP contribution >= 0.6 is 0 Å². The van der Waals surface area contributed by atoms with Crippen molar-refractivity contribution in [2.75, 3.05) is 17.7 Å². The van der Waals surface area contributed by atoms with Crippen molar-refractivity contribution < 1.29 is 9.90 Å². The fraction of sp³-hybridized carbons (Fsp3) is 0.190. The van der Waals surface area contributed by atoms with Crippen molar-refractivity contribution in [3.63, 3.8) is 0 Å². The molecule has 6 N–H and O–H groups in total. The van der Waals surface area contributed by atoms with Crippen LogP contribution in [-0.2, 0) is 6.54 Å². The Labute approximate surface area is 173 Å². The molecule has 0 aliphatic carbocycles. The summed E-state index contributed by atoms with van der Waals surface area (Å²) in [6.45, 7) is 4.31. The molecule has 0 atom stereocenters. The minimum absolute atomic E-state index is 0.0114. The lowest BCUT2D eigenvalue weighted by Crippen LogP contribution is -2.26. The van der Waals surface area contributed by atoms with E-state index >= 15 is 0 Å². The number of aromatic hydroxyl groups is 1. The summed E-state index contributed by atoms with van der Waals surface area (Å²) in [6.07, 6.45) is 0. The Morgan fingerprint density at radius 2 is 1.57 bits per heavy atom. The molecule has 0 unspecified atom stereocenters. The molecule has 0 spiro atoms. The first-order valence-electron chi connectivity index (χ1n) is 9.45. The maximum Gasteiger partial charge on any atom is 0.288 e. The van der Waals surface area contributed by atoms with Crippen LogP contribution in [0.3, 0.4) is 0 Å². The van der Waals surface area contributed by atoms with Gasteiger partial charge in [0.2, 0.25) is 0 Å². The maximum absolute atomic E-state index is 12.3. The van der Waals surface area contributed by atoms with Gasteiger partial charge in [0.05, 0.1) is 11.3 Å². The van der Waals surface area contributed by atoms with Gasteiger partial charge >= 0.3 is 0 Å². The van der Waals surface area contributed by atoms with E-state index in [9.17, 15) is 19.5 Å². The van der Waals surface area contributed by atoms with Crippen molar-refractivity contribution in [2.45, 2.75) is 20.4 Å². The van der Waals surface area contributed by atoms with Gasteiger partial charge in [-0.25, -0.2) is 0 Å². The Morgan fingerprint density at radius 3 is 2.20 bits per heavy atom. The van der Waals surface area contributed by atoms with Crippen LogP contribution in [0, 0.1) is 0 Å². The van der Waals surface area contributed by atoms with Crippen molar-refractivity contribution in [3.8, 4) is 5.75 Å². The van der Waals surface area contributed by atoms with Crippen LogP contribution in [0.25, 0.3) is 0 Å². The van der Waals surface area contributed by atoms with E-state index < -0.39 is 17.0 Å². The van der Waals surface area contributed by atoms with E-state index in [0.29, 0.717) is 6.54 Å². The first-order valence-corrected chi connectivity index (χ1v) is 9.45. The number of carbonyl (C=O) groups is 1. The zero-order chi connectivity index (χ0) is 22.1. The molecule has 3 aromatic rings. The first kappa shape index (κ1) is 22.3. The normalized spacial score (nSPS) is 9.83. The van der Waals surface area contributed by atoms with Crippen molar-refractivity contribution >= 4 is 23.0 Å². The molecule has 3 rings (SSSR count). The van der Waals surface area contributed by atoms with Gasteiger partial charge in [-0.2, -0.15) is 0 Å². The average molecular weight is 411 g/mol.